The molecule has 0 fully saturated rings. The Labute approximate surface area is 94.3 Å². The summed E-state index contributed by atoms with van der Waals surface area (Å²) in [5.74, 6) is -0.682. The summed E-state index contributed by atoms with van der Waals surface area (Å²) in [4.78, 5) is 8.00. The normalized spacial score (nSPS) is 15.0. The molecule has 3 N–H and O–H groups in total. The van der Waals surface area contributed by atoms with E-state index in [1.807, 2.05) is 6.79 Å². The number of hydrogen-bond donors (Lipinski definition) is 3. The molecule has 1 aromatic carbocycles. The van der Waals surface area contributed by atoms with Crippen LogP contribution in [0.25, 0.3) is 0 Å². The van der Waals surface area contributed by atoms with Crippen molar-refractivity contribution < 1.29 is 33.4 Å². The number of rotatable bonds is 2. The van der Waals surface area contributed by atoms with E-state index < -0.39 is 6.29 Å². The summed E-state index contributed by atoms with van der Waals surface area (Å²) >= 11 is 0. The van der Waals surface area contributed by atoms with Crippen LogP contribution < -0.4 is 15.0 Å². The molecule has 1 aromatic rings. The van der Waals surface area contributed by atoms with Crippen molar-refractivity contribution in [1.82, 2.24) is 5.48 Å². The largest absolute Gasteiger partial charge is 0.586 e. The Bertz CT molecular complexity index is 413. The maximum Gasteiger partial charge on any atom is 0.586 e. The molecule has 17 heavy (non-hydrogen) atoms. The first-order valence-electron chi connectivity index (χ1n) is 4.29. The summed E-state index contributed by atoms with van der Waals surface area (Å²) in [5, 5.41) is 17.8. The third kappa shape index (κ3) is 2.80. The molecule has 1 heterocycles. The molecule has 2 rings (SSSR count). The van der Waals surface area contributed by atoms with E-state index in [1.54, 1.807) is 5.48 Å². The molecule has 0 saturated carbocycles. The molecule has 6 nitrogen and oxygen atoms in total. The Morgan fingerprint density at radius 2 is 1.82 bits per heavy atom. The summed E-state index contributed by atoms with van der Waals surface area (Å²) < 4.78 is 33.5. The number of hydroxylamine groups is 1. The van der Waals surface area contributed by atoms with Crippen LogP contribution in [0.1, 0.15) is 5.56 Å². The van der Waals surface area contributed by atoms with Crippen LogP contribution in [-0.2, 0) is 11.3 Å². The Kier molecular flexibility index (Phi) is 3.81. The third-order valence-corrected chi connectivity index (χ3v) is 1.87. The molecule has 8 heteroatoms. The maximum atomic E-state index is 12.6. The van der Waals surface area contributed by atoms with Gasteiger partial charge in [-0.1, -0.05) is 0 Å². The van der Waals surface area contributed by atoms with Crippen LogP contribution in [0, 0.1) is 0 Å². The smallest absolute Gasteiger partial charge is 0.507 e. The lowest BCUT2D eigenvalue weighted by atomic mass is 10.2. The quantitative estimate of drug-likeness (QED) is 0.678. The molecule has 0 aliphatic carbocycles. The van der Waals surface area contributed by atoms with Crippen molar-refractivity contribution in [2.24, 2.45) is 0 Å². The molecule has 0 aromatic heterocycles. The third-order valence-electron chi connectivity index (χ3n) is 1.87. The second-order valence-corrected chi connectivity index (χ2v) is 2.93. The van der Waals surface area contributed by atoms with Gasteiger partial charge in [-0.3, -0.25) is 0 Å². The number of carbonyl (C=O) groups is 1. The van der Waals surface area contributed by atoms with Gasteiger partial charge < -0.3 is 24.6 Å². The fourth-order valence-electron chi connectivity index (χ4n) is 1.25. The van der Waals surface area contributed by atoms with E-state index in [9.17, 15) is 13.9 Å². The Morgan fingerprint density at radius 3 is 2.35 bits per heavy atom. The van der Waals surface area contributed by atoms with Gasteiger partial charge in [0.25, 0.3) is 0 Å². The lowest BCUT2D eigenvalue weighted by Crippen LogP contribution is -2.25. The Morgan fingerprint density at radius 1 is 1.29 bits per heavy atom. The van der Waals surface area contributed by atoms with Gasteiger partial charge >= 0.3 is 6.29 Å². The van der Waals surface area contributed by atoms with Crippen molar-refractivity contribution in [1.29, 1.82) is 0 Å². The number of hydrogen-bond acceptors (Lipinski definition) is 6. The molecular weight excluding hydrogens is 240 g/mol. The zero-order valence-corrected chi connectivity index (χ0v) is 8.44. The minimum absolute atomic E-state index is 0.0892. The van der Waals surface area contributed by atoms with E-state index >= 15 is 0 Å². The van der Waals surface area contributed by atoms with Crippen molar-refractivity contribution in [3.05, 3.63) is 17.7 Å². The molecule has 1 aliphatic heterocycles. The first-order chi connectivity index (χ1) is 8.02. The van der Waals surface area contributed by atoms with Crippen LogP contribution >= 0.6 is 0 Å². The molecule has 0 amide bonds. The van der Waals surface area contributed by atoms with Crippen LogP contribution in [-0.4, -0.2) is 23.4 Å². The zero-order chi connectivity index (χ0) is 13.1. The fourth-order valence-corrected chi connectivity index (χ4v) is 1.25. The van der Waals surface area contributed by atoms with Gasteiger partial charge in [-0.05, 0) is 6.07 Å². The molecule has 0 saturated heterocycles. The monoisotopic (exact) mass is 249 g/mol. The van der Waals surface area contributed by atoms with Crippen molar-refractivity contribution in [3.8, 4) is 17.2 Å². The SMILES string of the molecule is C=O.ONCc1cc2c(cc1O)OC(F)(F)O2. The average Bonchev–Trinajstić information content (AvgIpc) is 2.55. The number of benzene rings is 1. The van der Waals surface area contributed by atoms with Gasteiger partial charge in [0.05, 0.1) is 0 Å². The minimum atomic E-state index is -3.71. The van der Waals surface area contributed by atoms with E-state index in [-0.39, 0.29) is 29.4 Å². The lowest BCUT2D eigenvalue weighted by Gasteiger charge is -2.04. The summed E-state index contributed by atoms with van der Waals surface area (Å²) in [7, 11) is 0. The molecule has 0 radical (unpaired) electrons. The van der Waals surface area contributed by atoms with Gasteiger partial charge in [0.2, 0.25) is 0 Å². The van der Waals surface area contributed by atoms with Crippen LogP contribution in [0.15, 0.2) is 12.1 Å². The number of halogens is 2. The minimum Gasteiger partial charge on any atom is -0.507 e. The van der Waals surface area contributed by atoms with Gasteiger partial charge in [-0.2, -0.15) is 0 Å². The standard InChI is InChI=1S/C8H7F2NO4.CH2O/c9-8(10)14-6-1-4(3-11-13)5(12)2-7(6)15-8;1-2/h1-2,11-13H,3H2;1H2. The van der Waals surface area contributed by atoms with Gasteiger partial charge in [-0.15, -0.1) is 8.78 Å². The van der Waals surface area contributed by atoms with Gasteiger partial charge in [0, 0.05) is 18.2 Å². The maximum absolute atomic E-state index is 12.6. The summed E-state index contributed by atoms with van der Waals surface area (Å²) in [6.45, 7) is 1.91. The predicted octanol–water partition coefficient (Wildman–Crippen LogP) is 1.01. The number of aromatic hydroxyl groups is 1. The number of nitrogens with one attached hydrogen (secondary N) is 1. The predicted molar refractivity (Wildman–Crippen MR) is 50.1 cm³/mol. The van der Waals surface area contributed by atoms with Gasteiger partial charge in [-0.25, -0.2) is 5.48 Å². The van der Waals surface area contributed by atoms with Crippen molar-refractivity contribution in [3.63, 3.8) is 0 Å². The average molecular weight is 249 g/mol. The first-order valence-corrected chi connectivity index (χ1v) is 4.29. The van der Waals surface area contributed by atoms with Crippen molar-refractivity contribution >= 4 is 6.79 Å². The van der Waals surface area contributed by atoms with E-state index in [2.05, 4.69) is 9.47 Å². The molecule has 94 valence electrons. The number of alkyl halides is 2. The fraction of sp³-hybridized carbons (Fsp3) is 0.222. The number of ether oxygens (including phenoxy) is 2. The van der Waals surface area contributed by atoms with Gasteiger partial charge in [0.1, 0.15) is 12.5 Å². The molecular formula is C9H9F2NO5. The number of fused-ring (bicyclic) bond motifs is 1. The summed E-state index contributed by atoms with van der Waals surface area (Å²) in [6.07, 6.45) is -3.71. The zero-order valence-electron chi connectivity index (χ0n) is 8.44. The van der Waals surface area contributed by atoms with Crippen molar-refractivity contribution in [2.75, 3.05) is 0 Å². The van der Waals surface area contributed by atoms with Crippen LogP contribution in [0.3, 0.4) is 0 Å². The second-order valence-electron chi connectivity index (χ2n) is 2.93. The number of phenolic OH excluding ortho intramolecular Hbond substituents is 1. The molecule has 0 atom stereocenters. The lowest BCUT2D eigenvalue weighted by molar-refractivity contribution is -0.286. The molecule has 0 spiro atoms. The highest BCUT2D eigenvalue weighted by atomic mass is 19.3. The van der Waals surface area contributed by atoms with E-state index in [0.717, 1.165) is 12.1 Å². The van der Waals surface area contributed by atoms with E-state index in [0.29, 0.717) is 0 Å². The topological polar surface area (TPSA) is 88.0 Å². The summed E-state index contributed by atoms with van der Waals surface area (Å²) in [6, 6.07) is 2.16. The highest BCUT2D eigenvalue weighted by molar-refractivity contribution is 5.51. The second kappa shape index (κ2) is 4.93. The van der Waals surface area contributed by atoms with Gasteiger partial charge in [0.15, 0.2) is 11.5 Å². The first kappa shape index (κ1) is 13.1. The highest BCUT2D eigenvalue weighted by Gasteiger charge is 2.43. The Balaban J connectivity index is 0.000000686. The van der Waals surface area contributed by atoms with E-state index in [1.165, 1.54) is 0 Å². The summed E-state index contributed by atoms with van der Waals surface area (Å²) in [5.41, 5.74) is 2.01. The number of carbonyl (C=O) groups excluding carboxylic acids is 1. The molecule has 1 aliphatic rings. The van der Waals surface area contributed by atoms with Crippen LogP contribution in [0.4, 0.5) is 8.78 Å². The molecule has 0 bridgehead atoms. The molecule has 0 unspecified atom stereocenters. The highest BCUT2D eigenvalue weighted by Crippen LogP contribution is 2.44. The van der Waals surface area contributed by atoms with E-state index in [4.69, 9.17) is 10.0 Å². The van der Waals surface area contributed by atoms with Crippen LogP contribution in [0.2, 0.25) is 0 Å². The Hall–Kier alpha value is -1.93. The number of phenols is 1. The van der Waals surface area contributed by atoms with Crippen molar-refractivity contribution in [2.45, 2.75) is 12.8 Å². The van der Waals surface area contributed by atoms with Crippen LogP contribution in [0.5, 0.6) is 17.2 Å².